The number of ether oxygens (including phenoxy) is 1. The Morgan fingerprint density at radius 2 is 2.00 bits per heavy atom. The summed E-state index contributed by atoms with van der Waals surface area (Å²) in [6.45, 7) is 1.69. The average Bonchev–Trinajstić information content (AvgIpc) is 2.38. The van der Waals surface area contributed by atoms with E-state index in [0.29, 0.717) is 5.56 Å². The number of benzene rings is 1. The summed E-state index contributed by atoms with van der Waals surface area (Å²) in [7, 11) is 0. The maximum Gasteiger partial charge on any atom is 0.446 e. The minimum atomic E-state index is -4.45. The Hall–Kier alpha value is -1.02. The number of hydrogen-bond donors (Lipinski definition) is 0. The molecule has 0 amide bonds. The molecule has 0 aromatic heterocycles. The molecule has 0 fully saturated rings. The van der Waals surface area contributed by atoms with Gasteiger partial charge in [-0.1, -0.05) is 22.0 Å². The van der Waals surface area contributed by atoms with E-state index >= 15 is 0 Å². The van der Waals surface area contributed by atoms with E-state index < -0.39 is 11.5 Å². The molecule has 0 aliphatic heterocycles. The van der Waals surface area contributed by atoms with Gasteiger partial charge in [0, 0.05) is 11.3 Å². The molecule has 1 rings (SSSR count). The van der Waals surface area contributed by atoms with Gasteiger partial charge < -0.3 is 4.74 Å². The zero-order valence-corrected chi connectivity index (χ0v) is 13.4. The van der Waals surface area contributed by atoms with Crippen LogP contribution in [0.4, 0.5) is 13.2 Å². The van der Waals surface area contributed by atoms with E-state index in [1.54, 1.807) is 6.92 Å². The number of Topliss-reactive ketones (excluding diaryl/α,β-unsaturated/α-hetero) is 1. The first kappa shape index (κ1) is 18.0. The molecule has 21 heavy (non-hydrogen) atoms. The van der Waals surface area contributed by atoms with Crippen molar-refractivity contribution < 1.29 is 27.5 Å². The molecule has 8 heteroatoms. The van der Waals surface area contributed by atoms with Crippen molar-refractivity contribution in [1.82, 2.24) is 0 Å². The van der Waals surface area contributed by atoms with Gasteiger partial charge in [0.15, 0.2) is 0 Å². The minimum Gasteiger partial charge on any atom is -0.462 e. The van der Waals surface area contributed by atoms with Gasteiger partial charge in [0.2, 0.25) is 0 Å². The number of alkyl halides is 4. The molecule has 0 radical (unpaired) electrons. The Kier molecular flexibility index (Phi) is 6.73. The number of thioether (sulfide) groups is 1. The summed E-state index contributed by atoms with van der Waals surface area (Å²) in [5, 5.41) is 0.105. The number of carbonyl (C=O) groups is 2. The molecule has 3 nitrogen and oxygen atoms in total. The molecule has 1 aromatic carbocycles. The number of halogens is 4. The molecule has 0 N–H and O–H groups in total. The summed E-state index contributed by atoms with van der Waals surface area (Å²) in [5.41, 5.74) is -4.11. The van der Waals surface area contributed by atoms with Gasteiger partial charge >= 0.3 is 11.5 Å². The van der Waals surface area contributed by atoms with Crippen molar-refractivity contribution in [1.29, 1.82) is 0 Å². The van der Waals surface area contributed by atoms with Gasteiger partial charge in [0.05, 0.1) is 17.5 Å². The van der Waals surface area contributed by atoms with Crippen molar-refractivity contribution in [3.05, 3.63) is 29.3 Å². The van der Waals surface area contributed by atoms with E-state index in [9.17, 15) is 22.8 Å². The van der Waals surface area contributed by atoms with Crippen molar-refractivity contribution in [2.75, 3.05) is 11.9 Å². The molecule has 0 saturated carbocycles. The summed E-state index contributed by atoms with van der Waals surface area (Å²) in [6, 6.07) is 3.69. The monoisotopic (exact) mass is 384 g/mol. The highest BCUT2D eigenvalue weighted by molar-refractivity contribution is 9.09. The highest BCUT2D eigenvalue weighted by atomic mass is 79.9. The van der Waals surface area contributed by atoms with Crippen molar-refractivity contribution in [3.63, 3.8) is 0 Å². The van der Waals surface area contributed by atoms with Gasteiger partial charge in [-0.3, -0.25) is 4.79 Å². The number of ketones is 1. The first-order valence-electron chi connectivity index (χ1n) is 5.90. The average molecular weight is 385 g/mol. The van der Waals surface area contributed by atoms with Crippen molar-refractivity contribution in [2.45, 2.75) is 23.7 Å². The van der Waals surface area contributed by atoms with Crippen molar-refractivity contribution in [2.24, 2.45) is 0 Å². The molecular weight excluding hydrogens is 373 g/mol. The molecule has 0 saturated heterocycles. The largest absolute Gasteiger partial charge is 0.462 e. The second-order valence-electron chi connectivity index (χ2n) is 3.94. The van der Waals surface area contributed by atoms with Crippen molar-refractivity contribution >= 4 is 39.4 Å². The van der Waals surface area contributed by atoms with Crippen molar-refractivity contribution in [3.8, 4) is 0 Å². The van der Waals surface area contributed by atoms with Crippen LogP contribution >= 0.6 is 27.7 Å². The standard InChI is InChI=1S/C13H12BrF3O3S/c1-2-20-12(19)11-6-10(21-13(15,16)17)4-3-8(11)5-9(18)7-14/h3-4,6H,2,5,7H2,1H3. The molecule has 0 unspecified atom stereocenters. The number of esters is 1. The molecule has 0 atom stereocenters. The van der Waals surface area contributed by atoms with E-state index in [0.717, 1.165) is 6.07 Å². The summed E-state index contributed by atoms with van der Waals surface area (Å²) in [4.78, 5) is 23.1. The second-order valence-corrected chi connectivity index (χ2v) is 5.64. The maximum absolute atomic E-state index is 12.4. The van der Waals surface area contributed by atoms with Gasteiger partial charge in [-0.2, -0.15) is 13.2 Å². The number of carbonyl (C=O) groups excluding carboxylic acids is 2. The molecular formula is C13H12BrF3O3S. The Morgan fingerprint density at radius 3 is 2.52 bits per heavy atom. The van der Waals surface area contributed by atoms with E-state index in [-0.39, 0.29) is 46.4 Å². The maximum atomic E-state index is 12.4. The Bertz CT molecular complexity index is 532. The van der Waals surface area contributed by atoms with E-state index in [2.05, 4.69) is 15.9 Å². The van der Waals surface area contributed by atoms with Gasteiger partial charge in [-0.15, -0.1) is 0 Å². The summed E-state index contributed by atoms with van der Waals surface area (Å²) in [5.74, 6) is -0.920. The lowest BCUT2D eigenvalue weighted by Gasteiger charge is -2.11. The Labute approximate surface area is 132 Å². The predicted octanol–water partition coefficient (Wildman–Crippen LogP) is 3.98. The van der Waals surface area contributed by atoms with Gasteiger partial charge in [0.1, 0.15) is 5.78 Å². The number of hydrogen-bond acceptors (Lipinski definition) is 4. The first-order valence-corrected chi connectivity index (χ1v) is 7.84. The Balaban J connectivity index is 3.13. The van der Waals surface area contributed by atoms with Crippen LogP contribution in [0.15, 0.2) is 23.1 Å². The fourth-order valence-electron chi connectivity index (χ4n) is 1.57. The third kappa shape index (κ3) is 6.09. The molecule has 0 aliphatic rings. The van der Waals surface area contributed by atoms with E-state index in [1.807, 2.05) is 0 Å². The van der Waals surface area contributed by atoms with Crippen LogP contribution in [0.2, 0.25) is 0 Å². The van der Waals surface area contributed by atoms with Gasteiger partial charge in [0.25, 0.3) is 0 Å². The molecule has 0 aliphatic carbocycles. The highest BCUT2D eigenvalue weighted by Crippen LogP contribution is 2.37. The summed E-state index contributed by atoms with van der Waals surface area (Å²) >= 11 is 2.68. The van der Waals surface area contributed by atoms with Gasteiger partial charge in [-0.25, -0.2) is 4.79 Å². The SMILES string of the molecule is CCOC(=O)c1cc(SC(F)(F)F)ccc1CC(=O)CBr. The van der Waals surface area contributed by atoms with E-state index in [4.69, 9.17) is 4.74 Å². The lowest BCUT2D eigenvalue weighted by molar-refractivity contribution is -0.115. The number of rotatable bonds is 6. The summed E-state index contributed by atoms with van der Waals surface area (Å²) < 4.78 is 41.9. The smallest absolute Gasteiger partial charge is 0.446 e. The van der Waals surface area contributed by atoms with Crippen LogP contribution < -0.4 is 0 Å². The lowest BCUT2D eigenvalue weighted by atomic mass is 10.0. The van der Waals surface area contributed by atoms with Gasteiger partial charge in [-0.05, 0) is 36.4 Å². The summed E-state index contributed by atoms with van der Waals surface area (Å²) in [6.07, 6.45) is -0.0453. The van der Waals surface area contributed by atoms with Crippen LogP contribution in [-0.4, -0.2) is 29.2 Å². The molecule has 116 valence electrons. The van der Waals surface area contributed by atoms with Crippen LogP contribution in [0.1, 0.15) is 22.8 Å². The first-order chi connectivity index (χ1) is 9.76. The van der Waals surface area contributed by atoms with Crippen LogP contribution in [-0.2, 0) is 16.0 Å². The van der Waals surface area contributed by atoms with Crippen LogP contribution in [0, 0.1) is 0 Å². The topological polar surface area (TPSA) is 43.4 Å². The van der Waals surface area contributed by atoms with Crippen LogP contribution in [0.25, 0.3) is 0 Å². The predicted molar refractivity (Wildman–Crippen MR) is 76.8 cm³/mol. The Morgan fingerprint density at radius 1 is 1.33 bits per heavy atom. The third-order valence-corrected chi connectivity index (χ3v) is 3.69. The van der Waals surface area contributed by atoms with E-state index in [1.165, 1.54) is 12.1 Å². The zero-order valence-electron chi connectivity index (χ0n) is 11.0. The minimum absolute atomic E-state index is 0.0135. The molecule has 0 bridgehead atoms. The van der Waals surface area contributed by atoms with Crippen LogP contribution in [0.3, 0.4) is 0 Å². The molecule has 0 heterocycles. The highest BCUT2D eigenvalue weighted by Gasteiger charge is 2.30. The second kappa shape index (κ2) is 7.84. The normalized spacial score (nSPS) is 11.3. The third-order valence-electron chi connectivity index (χ3n) is 2.35. The fraction of sp³-hybridized carbons (Fsp3) is 0.385. The van der Waals surface area contributed by atoms with Crippen LogP contribution in [0.5, 0.6) is 0 Å². The zero-order chi connectivity index (χ0) is 16.0. The fourth-order valence-corrected chi connectivity index (χ4v) is 2.34. The lowest BCUT2D eigenvalue weighted by Crippen LogP contribution is -2.12. The molecule has 1 aromatic rings. The molecule has 0 spiro atoms. The quantitative estimate of drug-likeness (QED) is 0.422.